The van der Waals surface area contributed by atoms with Crippen LogP contribution < -0.4 is 0 Å². The standard InChI is InChI=1S/C19H25FN4O/c1-13(16-4-3-5-17(20)12-16)23-8-10-24(11-9-23)14(2)19-21-18(22-25-19)15-6-7-15/h3-5,12-15H,6-11H2,1-2H3/t13-,14+/m0/s1. The molecule has 2 aromatic rings. The van der Waals surface area contributed by atoms with Crippen LogP contribution in [0, 0.1) is 5.82 Å². The third kappa shape index (κ3) is 3.60. The van der Waals surface area contributed by atoms with Crippen LogP contribution in [-0.4, -0.2) is 46.1 Å². The Morgan fingerprint density at radius 1 is 1.08 bits per heavy atom. The Morgan fingerprint density at radius 2 is 1.76 bits per heavy atom. The Kier molecular flexibility index (Phi) is 4.56. The van der Waals surface area contributed by atoms with Crippen molar-refractivity contribution >= 4 is 0 Å². The number of halogens is 1. The topological polar surface area (TPSA) is 45.4 Å². The highest BCUT2D eigenvalue weighted by molar-refractivity contribution is 5.19. The van der Waals surface area contributed by atoms with Crippen LogP contribution in [0.3, 0.4) is 0 Å². The van der Waals surface area contributed by atoms with Gasteiger partial charge in [0, 0.05) is 38.1 Å². The number of hydrogen-bond acceptors (Lipinski definition) is 5. The van der Waals surface area contributed by atoms with E-state index < -0.39 is 0 Å². The van der Waals surface area contributed by atoms with Gasteiger partial charge in [-0.15, -0.1) is 0 Å². The SMILES string of the molecule is C[C@H](c1nc(C2CC2)no1)N1CCN([C@@H](C)c2cccc(F)c2)CC1. The molecule has 1 aliphatic carbocycles. The zero-order valence-electron chi connectivity index (χ0n) is 14.9. The van der Waals surface area contributed by atoms with Crippen LogP contribution in [-0.2, 0) is 0 Å². The van der Waals surface area contributed by atoms with Gasteiger partial charge >= 0.3 is 0 Å². The van der Waals surface area contributed by atoms with Crippen molar-refractivity contribution < 1.29 is 8.91 Å². The molecule has 5 nitrogen and oxygen atoms in total. The minimum Gasteiger partial charge on any atom is -0.338 e. The summed E-state index contributed by atoms with van der Waals surface area (Å²) < 4.78 is 18.9. The van der Waals surface area contributed by atoms with Crippen LogP contribution in [0.15, 0.2) is 28.8 Å². The van der Waals surface area contributed by atoms with E-state index >= 15 is 0 Å². The third-order valence-electron chi connectivity index (χ3n) is 5.53. The van der Waals surface area contributed by atoms with Gasteiger partial charge in [-0.3, -0.25) is 9.80 Å². The first-order valence-corrected chi connectivity index (χ1v) is 9.19. The van der Waals surface area contributed by atoms with E-state index in [1.165, 1.54) is 18.9 Å². The van der Waals surface area contributed by atoms with Gasteiger partial charge in [-0.05, 0) is 44.4 Å². The molecule has 25 heavy (non-hydrogen) atoms. The summed E-state index contributed by atoms with van der Waals surface area (Å²) in [5, 5.41) is 4.13. The fourth-order valence-electron chi connectivity index (χ4n) is 3.57. The number of benzene rings is 1. The van der Waals surface area contributed by atoms with Gasteiger partial charge in [-0.25, -0.2) is 4.39 Å². The molecule has 0 spiro atoms. The number of hydrogen-bond donors (Lipinski definition) is 0. The molecule has 2 fully saturated rings. The maximum atomic E-state index is 13.5. The van der Waals surface area contributed by atoms with Crippen LogP contribution >= 0.6 is 0 Å². The molecule has 0 N–H and O–H groups in total. The van der Waals surface area contributed by atoms with Gasteiger partial charge in [0.05, 0.1) is 6.04 Å². The molecule has 2 heterocycles. The van der Waals surface area contributed by atoms with E-state index in [0.29, 0.717) is 5.92 Å². The average Bonchev–Trinajstić information content (AvgIpc) is 3.37. The third-order valence-corrected chi connectivity index (χ3v) is 5.53. The zero-order chi connectivity index (χ0) is 17.4. The molecule has 1 saturated heterocycles. The lowest BCUT2D eigenvalue weighted by Gasteiger charge is -2.39. The molecule has 0 bridgehead atoms. The predicted octanol–water partition coefficient (Wildman–Crippen LogP) is 3.53. The Bertz CT molecular complexity index is 722. The van der Waals surface area contributed by atoms with Gasteiger partial charge < -0.3 is 4.52 Å². The van der Waals surface area contributed by atoms with Crippen LogP contribution in [0.25, 0.3) is 0 Å². The Balaban J connectivity index is 1.35. The minimum atomic E-state index is -0.167. The summed E-state index contributed by atoms with van der Waals surface area (Å²) in [6.07, 6.45) is 2.37. The lowest BCUT2D eigenvalue weighted by atomic mass is 10.1. The molecular formula is C19H25FN4O. The molecule has 0 radical (unpaired) electrons. The van der Waals surface area contributed by atoms with Crippen LogP contribution in [0.5, 0.6) is 0 Å². The monoisotopic (exact) mass is 344 g/mol. The van der Waals surface area contributed by atoms with Gasteiger partial charge in [-0.1, -0.05) is 17.3 Å². The van der Waals surface area contributed by atoms with Crippen molar-refractivity contribution in [3.05, 3.63) is 47.4 Å². The van der Waals surface area contributed by atoms with Crippen LogP contribution in [0.4, 0.5) is 4.39 Å². The molecule has 2 atom stereocenters. The second-order valence-electron chi connectivity index (χ2n) is 7.24. The molecule has 1 aromatic carbocycles. The first-order chi connectivity index (χ1) is 12.1. The Labute approximate surface area is 147 Å². The quantitative estimate of drug-likeness (QED) is 0.830. The van der Waals surface area contributed by atoms with Gasteiger partial charge in [0.1, 0.15) is 5.82 Å². The smallest absolute Gasteiger partial charge is 0.243 e. The number of piperazine rings is 1. The molecular weight excluding hydrogens is 319 g/mol. The minimum absolute atomic E-state index is 0.145. The molecule has 0 unspecified atom stereocenters. The lowest BCUT2D eigenvalue weighted by molar-refractivity contribution is 0.0677. The van der Waals surface area contributed by atoms with Gasteiger partial charge in [-0.2, -0.15) is 4.98 Å². The zero-order valence-corrected chi connectivity index (χ0v) is 14.9. The first kappa shape index (κ1) is 16.7. The summed E-state index contributed by atoms with van der Waals surface area (Å²) in [4.78, 5) is 9.38. The highest BCUT2D eigenvalue weighted by Crippen LogP contribution is 2.38. The van der Waals surface area contributed by atoms with E-state index in [1.807, 2.05) is 6.07 Å². The maximum absolute atomic E-state index is 13.5. The highest BCUT2D eigenvalue weighted by Gasteiger charge is 2.32. The van der Waals surface area contributed by atoms with Crippen molar-refractivity contribution in [2.24, 2.45) is 0 Å². The fraction of sp³-hybridized carbons (Fsp3) is 0.579. The van der Waals surface area contributed by atoms with Crippen molar-refractivity contribution in [1.82, 2.24) is 19.9 Å². The number of nitrogens with zero attached hydrogens (tertiary/aromatic N) is 4. The normalized spacial score (nSPS) is 22.0. The van der Waals surface area contributed by atoms with E-state index in [0.717, 1.165) is 43.5 Å². The molecule has 4 rings (SSSR count). The average molecular weight is 344 g/mol. The van der Waals surface area contributed by atoms with Crippen LogP contribution in [0.2, 0.25) is 0 Å². The number of aromatic nitrogens is 2. The second-order valence-corrected chi connectivity index (χ2v) is 7.24. The molecule has 1 aliphatic heterocycles. The van der Waals surface area contributed by atoms with E-state index in [-0.39, 0.29) is 17.9 Å². The van der Waals surface area contributed by atoms with Gasteiger partial charge in [0.25, 0.3) is 0 Å². The van der Waals surface area contributed by atoms with Crippen molar-refractivity contribution in [3.63, 3.8) is 0 Å². The molecule has 134 valence electrons. The van der Waals surface area contributed by atoms with E-state index in [4.69, 9.17) is 4.52 Å². The van der Waals surface area contributed by atoms with E-state index in [1.54, 1.807) is 12.1 Å². The van der Waals surface area contributed by atoms with Crippen molar-refractivity contribution in [3.8, 4) is 0 Å². The summed E-state index contributed by atoms with van der Waals surface area (Å²) in [6.45, 7) is 8.07. The molecule has 0 amide bonds. The van der Waals surface area contributed by atoms with Crippen LogP contribution in [0.1, 0.15) is 62.0 Å². The predicted molar refractivity (Wildman–Crippen MR) is 92.6 cm³/mol. The van der Waals surface area contributed by atoms with Gasteiger partial charge in [0.15, 0.2) is 5.82 Å². The summed E-state index contributed by atoms with van der Waals surface area (Å²) in [6, 6.07) is 7.28. The molecule has 6 heteroatoms. The molecule has 2 aliphatic rings. The summed E-state index contributed by atoms with van der Waals surface area (Å²) in [7, 11) is 0. The Hall–Kier alpha value is -1.79. The fourth-order valence-corrected chi connectivity index (χ4v) is 3.57. The number of rotatable bonds is 5. The van der Waals surface area contributed by atoms with Crippen molar-refractivity contribution in [1.29, 1.82) is 0 Å². The summed E-state index contributed by atoms with van der Waals surface area (Å²) in [5.41, 5.74) is 1.03. The first-order valence-electron chi connectivity index (χ1n) is 9.19. The van der Waals surface area contributed by atoms with E-state index in [2.05, 4.69) is 33.8 Å². The molecule has 1 saturated carbocycles. The summed E-state index contributed by atoms with van der Waals surface area (Å²) in [5.74, 6) is 1.96. The maximum Gasteiger partial charge on any atom is 0.243 e. The largest absolute Gasteiger partial charge is 0.338 e. The van der Waals surface area contributed by atoms with Crippen molar-refractivity contribution in [2.45, 2.75) is 44.7 Å². The van der Waals surface area contributed by atoms with Gasteiger partial charge in [0.2, 0.25) is 5.89 Å². The van der Waals surface area contributed by atoms with E-state index in [9.17, 15) is 4.39 Å². The lowest BCUT2D eigenvalue weighted by Crippen LogP contribution is -2.47. The Morgan fingerprint density at radius 3 is 2.40 bits per heavy atom. The second kappa shape index (κ2) is 6.84. The highest BCUT2D eigenvalue weighted by atomic mass is 19.1. The van der Waals surface area contributed by atoms with Crippen molar-refractivity contribution in [2.75, 3.05) is 26.2 Å². The summed E-state index contributed by atoms with van der Waals surface area (Å²) >= 11 is 0. The molecule has 1 aromatic heterocycles.